The van der Waals surface area contributed by atoms with Crippen LogP contribution in [0, 0.1) is 0 Å². The number of hydrogen-bond acceptors (Lipinski definition) is 4. The van der Waals surface area contributed by atoms with E-state index in [1.54, 1.807) is 0 Å². The first kappa shape index (κ1) is 6.91. The molecule has 2 rings (SSSR count). The normalized spacial score (nSPS) is 42.6. The fourth-order valence-electron chi connectivity index (χ4n) is 1.42. The van der Waals surface area contributed by atoms with Gasteiger partial charge in [0.1, 0.15) is 6.10 Å². The van der Waals surface area contributed by atoms with E-state index in [2.05, 4.69) is 0 Å². The highest BCUT2D eigenvalue weighted by Gasteiger charge is 2.40. The molecule has 2 aliphatic rings. The minimum absolute atomic E-state index is 0.0775. The van der Waals surface area contributed by atoms with Crippen molar-refractivity contribution in [1.29, 1.82) is 0 Å². The molecule has 3 unspecified atom stereocenters. The Bertz CT molecular complexity index is 179. The first-order valence-corrected chi connectivity index (χ1v) is 3.74. The van der Waals surface area contributed by atoms with Crippen LogP contribution < -0.4 is 0 Å². The molecule has 4 nitrogen and oxygen atoms in total. The first-order chi connectivity index (χ1) is 5.25. The summed E-state index contributed by atoms with van der Waals surface area (Å²) in [6, 6.07) is 0. The molecular weight excluding hydrogens is 148 g/mol. The molecule has 2 saturated heterocycles. The van der Waals surface area contributed by atoms with Crippen LogP contribution in [0.1, 0.15) is 13.3 Å². The van der Waals surface area contributed by atoms with Gasteiger partial charge in [-0.25, -0.2) is 4.79 Å². The molecule has 0 saturated carbocycles. The molecule has 2 heterocycles. The summed E-state index contributed by atoms with van der Waals surface area (Å²) in [5, 5.41) is 0. The molecule has 2 aliphatic heterocycles. The standard InChI is InChI=1S/C7H10O4/c1-4-2-5-6(3-9-4)11-7(8)10-5/h4-6H,2-3H2,1H3. The van der Waals surface area contributed by atoms with Crippen LogP contribution in [0.25, 0.3) is 0 Å². The Morgan fingerprint density at radius 3 is 2.91 bits per heavy atom. The van der Waals surface area contributed by atoms with E-state index in [1.165, 1.54) is 0 Å². The second-order valence-electron chi connectivity index (χ2n) is 2.94. The quantitative estimate of drug-likeness (QED) is 0.487. The number of ether oxygens (including phenoxy) is 3. The number of rotatable bonds is 0. The largest absolute Gasteiger partial charge is 0.509 e. The van der Waals surface area contributed by atoms with Gasteiger partial charge >= 0.3 is 6.16 Å². The van der Waals surface area contributed by atoms with Gasteiger partial charge in [-0.3, -0.25) is 0 Å². The molecule has 4 heteroatoms. The summed E-state index contributed by atoms with van der Waals surface area (Å²) in [6.07, 6.45) is 0.115. The molecule has 0 radical (unpaired) electrons. The second-order valence-corrected chi connectivity index (χ2v) is 2.94. The van der Waals surface area contributed by atoms with E-state index in [-0.39, 0.29) is 18.3 Å². The molecule has 0 aromatic rings. The maximum absolute atomic E-state index is 10.6. The lowest BCUT2D eigenvalue weighted by Gasteiger charge is -2.25. The molecule has 11 heavy (non-hydrogen) atoms. The molecule has 2 fully saturated rings. The fraction of sp³-hybridized carbons (Fsp3) is 0.857. The zero-order valence-corrected chi connectivity index (χ0v) is 6.28. The Kier molecular flexibility index (Phi) is 1.49. The van der Waals surface area contributed by atoms with Crippen molar-refractivity contribution in [2.75, 3.05) is 6.61 Å². The van der Waals surface area contributed by atoms with Gasteiger partial charge in [0.2, 0.25) is 0 Å². The van der Waals surface area contributed by atoms with Gasteiger partial charge in [-0.2, -0.15) is 0 Å². The topological polar surface area (TPSA) is 44.8 Å². The van der Waals surface area contributed by atoms with Crippen molar-refractivity contribution < 1.29 is 19.0 Å². The van der Waals surface area contributed by atoms with Crippen LogP contribution in [0.15, 0.2) is 0 Å². The van der Waals surface area contributed by atoms with Crippen LogP contribution in [-0.2, 0) is 14.2 Å². The second kappa shape index (κ2) is 2.37. The summed E-state index contributed by atoms with van der Waals surface area (Å²) >= 11 is 0. The predicted octanol–water partition coefficient (Wildman–Crippen LogP) is 0.699. The van der Waals surface area contributed by atoms with Crippen molar-refractivity contribution in [3.63, 3.8) is 0 Å². The van der Waals surface area contributed by atoms with E-state index in [9.17, 15) is 4.79 Å². The summed E-state index contributed by atoms with van der Waals surface area (Å²) in [7, 11) is 0. The summed E-state index contributed by atoms with van der Waals surface area (Å²) in [4.78, 5) is 10.6. The lowest BCUT2D eigenvalue weighted by atomic mass is 10.1. The van der Waals surface area contributed by atoms with Crippen molar-refractivity contribution in [3.8, 4) is 0 Å². The maximum atomic E-state index is 10.6. The van der Waals surface area contributed by atoms with Crippen molar-refractivity contribution in [2.24, 2.45) is 0 Å². The minimum Gasteiger partial charge on any atom is -0.427 e. The van der Waals surface area contributed by atoms with E-state index in [1.807, 2.05) is 6.92 Å². The van der Waals surface area contributed by atoms with Crippen molar-refractivity contribution in [1.82, 2.24) is 0 Å². The molecule has 62 valence electrons. The summed E-state index contributed by atoms with van der Waals surface area (Å²) in [6.45, 7) is 2.43. The van der Waals surface area contributed by atoms with Crippen LogP contribution in [0.4, 0.5) is 4.79 Å². The molecule has 3 atom stereocenters. The number of carbonyl (C=O) groups is 1. The number of fused-ring (bicyclic) bond motifs is 1. The van der Waals surface area contributed by atoms with E-state index < -0.39 is 6.16 Å². The van der Waals surface area contributed by atoms with Crippen molar-refractivity contribution in [3.05, 3.63) is 0 Å². The van der Waals surface area contributed by atoms with Crippen LogP contribution in [0.2, 0.25) is 0 Å². The summed E-state index contributed by atoms with van der Waals surface area (Å²) in [5.41, 5.74) is 0. The molecule has 0 spiro atoms. The fourth-order valence-corrected chi connectivity index (χ4v) is 1.42. The van der Waals surface area contributed by atoms with E-state index >= 15 is 0 Å². The van der Waals surface area contributed by atoms with Gasteiger partial charge in [0.05, 0.1) is 12.7 Å². The Morgan fingerprint density at radius 1 is 1.36 bits per heavy atom. The van der Waals surface area contributed by atoms with Crippen LogP contribution in [0.5, 0.6) is 0 Å². The van der Waals surface area contributed by atoms with Crippen LogP contribution in [-0.4, -0.2) is 31.1 Å². The zero-order chi connectivity index (χ0) is 7.84. The van der Waals surface area contributed by atoms with Gasteiger partial charge in [-0.1, -0.05) is 0 Å². The molecule has 0 N–H and O–H groups in total. The van der Waals surface area contributed by atoms with Crippen LogP contribution in [0.3, 0.4) is 0 Å². The highest BCUT2D eigenvalue weighted by molar-refractivity contribution is 5.62. The summed E-state index contributed by atoms with van der Waals surface area (Å²) < 4.78 is 15.0. The minimum atomic E-state index is -0.558. The third-order valence-electron chi connectivity index (χ3n) is 2.02. The summed E-state index contributed by atoms with van der Waals surface area (Å²) in [5.74, 6) is 0. The zero-order valence-electron chi connectivity index (χ0n) is 6.28. The van der Waals surface area contributed by atoms with Gasteiger partial charge in [-0.15, -0.1) is 0 Å². The van der Waals surface area contributed by atoms with Gasteiger partial charge in [0.25, 0.3) is 0 Å². The van der Waals surface area contributed by atoms with Crippen LogP contribution >= 0.6 is 0 Å². The monoisotopic (exact) mass is 158 g/mol. The Morgan fingerprint density at radius 2 is 2.09 bits per heavy atom. The van der Waals surface area contributed by atoms with Gasteiger partial charge in [0.15, 0.2) is 6.10 Å². The third kappa shape index (κ3) is 1.18. The Hall–Kier alpha value is -0.770. The highest BCUT2D eigenvalue weighted by Crippen LogP contribution is 2.25. The lowest BCUT2D eigenvalue weighted by molar-refractivity contribution is -0.0619. The van der Waals surface area contributed by atoms with E-state index in [0.717, 1.165) is 6.42 Å². The molecule has 0 amide bonds. The molecule has 0 bridgehead atoms. The maximum Gasteiger partial charge on any atom is 0.509 e. The number of hydrogen-bond donors (Lipinski definition) is 0. The van der Waals surface area contributed by atoms with E-state index in [0.29, 0.717) is 6.61 Å². The predicted molar refractivity (Wildman–Crippen MR) is 35.2 cm³/mol. The van der Waals surface area contributed by atoms with Gasteiger partial charge in [0, 0.05) is 6.42 Å². The Labute approximate surface area is 64.4 Å². The molecule has 0 aliphatic carbocycles. The highest BCUT2D eigenvalue weighted by atomic mass is 16.8. The Balaban J connectivity index is 2.02. The molecule has 0 aromatic carbocycles. The smallest absolute Gasteiger partial charge is 0.427 e. The first-order valence-electron chi connectivity index (χ1n) is 3.74. The van der Waals surface area contributed by atoms with Gasteiger partial charge in [-0.05, 0) is 6.92 Å². The third-order valence-corrected chi connectivity index (χ3v) is 2.02. The van der Waals surface area contributed by atoms with Crippen molar-refractivity contribution >= 4 is 6.16 Å². The number of carbonyl (C=O) groups excluding carboxylic acids is 1. The van der Waals surface area contributed by atoms with E-state index in [4.69, 9.17) is 14.2 Å². The molecular formula is C7H10O4. The lowest BCUT2D eigenvalue weighted by Crippen LogP contribution is -2.37. The molecule has 0 aromatic heterocycles. The average Bonchev–Trinajstić information content (AvgIpc) is 2.27. The SMILES string of the molecule is CC1CC2OC(=O)OC2CO1. The van der Waals surface area contributed by atoms with Gasteiger partial charge < -0.3 is 14.2 Å². The average molecular weight is 158 g/mol. The van der Waals surface area contributed by atoms with Crippen molar-refractivity contribution in [2.45, 2.75) is 31.7 Å².